The number of nitrogens with zero attached hydrogens (tertiary/aromatic N) is 1. The van der Waals surface area contributed by atoms with Crippen molar-refractivity contribution in [3.05, 3.63) is 69.7 Å². The number of carboxylic acid groups (broad SMARTS) is 1. The number of amides is 1. The Morgan fingerprint density at radius 1 is 1.12 bits per heavy atom. The highest BCUT2D eigenvalue weighted by atomic mass is 35.5. The normalized spacial score (nSPS) is 26.8. The summed E-state index contributed by atoms with van der Waals surface area (Å²) in [4.78, 5) is 27.4. The van der Waals surface area contributed by atoms with Gasteiger partial charge in [-0.25, -0.2) is 0 Å². The van der Waals surface area contributed by atoms with E-state index in [9.17, 15) is 19.8 Å². The fraction of sp³-hybridized carbons (Fsp3) is 0.440. The van der Waals surface area contributed by atoms with E-state index in [0.717, 1.165) is 24.0 Å². The number of hydrogen-bond acceptors (Lipinski definition) is 3. The molecule has 1 saturated heterocycles. The monoisotopic (exact) mass is 475 g/mol. The number of benzene rings is 2. The van der Waals surface area contributed by atoms with Crippen molar-refractivity contribution in [1.29, 1.82) is 0 Å². The van der Waals surface area contributed by atoms with Gasteiger partial charge >= 0.3 is 5.97 Å². The van der Waals surface area contributed by atoms with Crippen LogP contribution in [0.2, 0.25) is 10.0 Å². The summed E-state index contributed by atoms with van der Waals surface area (Å²) in [5.41, 5.74) is 0.757. The van der Waals surface area contributed by atoms with Gasteiger partial charge in [0.05, 0.1) is 30.5 Å². The van der Waals surface area contributed by atoms with E-state index >= 15 is 0 Å². The van der Waals surface area contributed by atoms with E-state index in [-0.39, 0.29) is 42.9 Å². The van der Waals surface area contributed by atoms with Gasteiger partial charge in [-0.15, -0.1) is 0 Å². The lowest BCUT2D eigenvalue weighted by molar-refractivity contribution is -0.162. The van der Waals surface area contributed by atoms with Gasteiger partial charge < -0.3 is 15.1 Å². The van der Waals surface area contributed by atoms with E-state index in [1.165, 1.54) is 0 Å². The molecule has 2 N–H and O–H groups in total. The molecule has 2 aromatic carbocycles. The Bertz CT molecular complexity index is 1010. The summed E-state index contributed by atoms with van der Waals surface area (Å²) in [6.45, 7) is 1.57. The van der Waals surface area contributed by atoms with Gasteiger partial charge in [-0.3, -0.25) is 9.59 Å². The molecular formula is C25H27Cl2NO4. The first-order valence-electron chi connectivity index (χ1n) is 10.9. The fourth-order valence-electron chi connectivity index (χ4n) is 5.19. The summed E-state index contributed by atoms with van der Waals surface area (Å²) in [6, 6.07) is 14.2. The number of aliphatic hydroxyl groups excluding tert-OH is 1. The summed E-state index contributed by atoms with van der Waals surface area (Å²) in [5.74, 6) is -1.21. The van der Waals surface area contributed by atoms with Crippen molar-refractivity contribution in [2.75, 3.05) is 6.61 Å². The molecule has 0 spiro atoms. The van der Waals surface area contributed by atoms with Crippen molar-refractivity contribution in [2.45, 2.75) is 50.6 Å². The standard InChI is InChI=1S/C25H27Cl2NO4/c1-25(13-22(30)31)12-20(17-3-2-4-19(27)11-17)23(16-7-9-18(26)10-8-16)28(24(25)32)21(14-29)15-5-6-15/h2-4,7-11,15,20-21,23,29H,5-6,12-14H2,1H3,(H,30,31). The highest BCUT2D eigenvalue weighted by Gasteiger charge is 2.54. The van der Waals surface area contributed by atoms with Gasteiger partial charge in [0, 0.05) is 16.0 Å². The second-order valence-electron chi connectivity index (χ2n) is 9.29. The third kappa shape index (κ3) is 4.52. The molecule has 2 aliphatic rings. The van der Waals surface area contributed by atoms with E-state index in [0.29, 0.717) is 16.5 Å². The Balaban J connectivity index is 1.89. The number of aliphatic hydroxyl groups is 1. The maximum Gasteiger partial charge on any atom is 0.304 e. The predicted octanol–water partition coefficient (Wildman–Crippen LogP) is 5.30. The summed E-state index contributed by atoms with van der Waals surface area (Å²) in [5, 5.41) is 21.1. The summed E-state index contributed by atoms with van der Waals surface area (Å²) in [7, 11) is 0. The maximum atomic E-state index is 13.9. The first kappa shape index (κ1) is 23.1. The molecule has 170 valence electrons. The van der Waals surface area contributed by atoms with E-state index < -0.39 is 11.4 Å². The van der Waals surface area contributed by atoms with Gasteiger partial charge in [-0.1, -0.05) is 54.4 Å². The number of aliphatic carboxylic acids is 1. The molecule has 4 atom stereocenters. The molecule has 7 heteroatoms. The highest BCUT2D eigenvalue weighted by Crippen LogP contribution is 2.53. The summed E-state index contributed by atoms with van der Waals surface area (Å²) < 4.78 is 0. The predicted molar refractivity (Wildman–Crippen MR) is 124 cm³/mol. The SMILES string of the molecule is CC1(CC(=O)O)CC(c2cccc(Cl)c2)C(c2ccc(Cl)cc2)N(C(CO)C2CC2)C1=O. The van der Waals surface area contributed by atoms with Crippen molar-refractivity contribution in [3.8, 4) is 0 Å². The van der Waals surface area contributed by atoms with Gasteiger partial charge in [0.25, 0.3) is 0 Å². The molecule has 0 aromatic heterocycles. The molecule has 1 heterocycles. The average molecular weight is 476 g/mol. The minimum Gasteiger partial charge on any atom is -0.481 e. The lowest BCUT2D eigenvalue weighted by Gasteiger charge is -2.51. The smallest absolute Gasteiger partial charge is 0.304 e. The lowest BCUT2D eigenvalue weighted by Crippen LogP contribution is -2.57. The maximum absolute atomic E-state index is 13.9. The zero-order chi connectivity index (χ0) is 23.0. The molecule has 4 unspecified atom stereocenters. The van der Waals surface area contributed by atoms with Crippen LogP contribution < -0.4 is 0 Å². The van der Waals surface area contributed by atoms with E-state index in [2.05, 4.69) is 0 Å². The minimum absolute atomic E-state index is 0.161. The average Bonchev–Trinajstić information content (AvgIpc) is 3.57. The van der Waals surface area contributed by atoms with Gasteiger partial charge in [-0.2, -0.15) is 0 Å². The topological polar surface area (TPSA) is 77.8 Å². The molecule has 32 heavy (non-hydrogen) atoms. The van der Waals surface area contributed by atoms with Gasteiger partial charge in [0.1, 0.15) is 0 Å². The first-order chi connectivity index (χ1) is 15.2. The largest absolute Gasteiger partial charge is 0.481 e. The van der Waals surface area contributed by atoms with E-state index in [4.69, 9.17) is 23.2 Å². The molecule has 0 bridgehead atoms. The van der Waals surface area contributed by atoms with Crippen LogP contribution in [0.1, 0.15) is 55.7 Å². The van der Waals surface area contributed by atoms with Crippen LogP contribution in [0.5, 0.6) is 0 Å². The molecule has 2 fully saturated rings. The molecule has 1 aliphatic carbocycles. The van der Waals surface area contributed by atoms with E-state index in [1.54, 1.807) is 30.0 Å². The molecular weight excluding hydrogens is 449 g/mol. The van der Waals surface area contributed by atoms with Crippen LogP contribution in [0.15, 0.2) is 48.5 Å². The molecule has 5 nitrogen and oxygen atoms in total. The quantitative estimate of drug-likeness (QED) is 0.569. The number of carboxylic acids is 1. The zero-order valence-corrected chi connectivity index (χ0v) is 19.4. The summed E-state index contributed by atoms with van der Waals surface area (Å²) in [6.07, 6.45) is 1.99. The van der Waals surface area contributed by atoms with Crippen molar-refractivity contribution in [2.24, 2.45) is 11.3 Å². The van der Waals surface area contributed by atoms with Gasteiger partial charge in [0.2, 0.25) is 5.91 Å². The van der Waals surface area contributed by atoms with Crippen LogP contribution in [0.25, 0.3) is 0 Å². The number of carbonyl (C=O) groups excluding carboxylic acids is 1. The number of hydrogen-bond donors (Lipinski definition) is 2. The third-order valence-electron chi connectivity index (χ3n) is 6.84. The Morgan fingerprint density at radius 3 is 2.38 bits per heavy atom. The Morgan fingerprint density at radius 2 is 1.81 bits per heavy atom. The Labute approximate surface area is 197 Å². The van der Waals surface area contributed by atoms with E-state index in [1.807, 2.05) is 30.3 Å². The highest BCUT2D eigenvalue weighted by molar-refractivity contribution is 6.30. The molecule has 2 aromatic rings. The van der Waals surface area contributed by atoms with Crippen LogP contribution in [-0.2, 0) is 9.59 Å². The first-order valence-corrected chi connectivity index (χ1v) is 11.7. The van der Waals surface area contributed by atoms with Crippen LogP contribution in [0.4, 0.5) is 0 Å². The third-order valence-corrected chi connectivity index (χ3v) is 7.33. The number of carbonyl (C=O) groups is 2. The molecule has 1 aliphatic heterocycles. The molecule has 0 radical (unpaired) electrons. The minimum atomic E-state index is -1.09. The molecule has 4 rings (SSSR count). The second-order valence-corrected chi connectivity index (χ2v) is 10.2. The van der Waals surface area contributed by atoms with Crippen molar-refractivity contribution in [3.63, 3.8) is 0 Å². The Hall–Kier alpha value is -2.08. The number of piperidine rings is 1. The summed E-state index contributed by atoms with van der Waals surface area (Å²) >= 11 is 12.5. The van der Waals surface area contributed by atoms with Crippen molar-refractivity contribution < 1.29 is 19.8 Å². The number of rotatable bonds is 7. The zero-order valence-electron chi connectivity index (χ0n) is 17.9. The number of likely N-dealkylation sites (tertiary alicyclic amines) is 1. The van der Waals surface area contributed by atoms with Gasteiger partial charge in [0.15, 0.2) is 0 Å². The van der Waals surface area contributed by atoms with Crippen LogP contribution in [0.3, 0.4) is 0 Å². The van der Waals surface area contributed by atoms with Crippen molar-refractivity contribution >= 4 is 35.1 Å². The second kappa shape index (κ2) is 9.05. The van der Waals surface area contributed by atoms with Crippen LogP contribution in [0, 0.1) is 11.3 Å². The molecule has 1 saturated carbocycles. The lowest BCUT2D eigenvalue weighted by atomic mass is 9.67. The van der Waals surface area contributed by atoms with Crippen LogP contribution in [-0.4, -0.2) is 39.6 Å². The van der Waals surface area contributed by atoms with Gasteiger partial charge in [-0.05, 0) is 60.6 Å². The van der Waals surface area contributed by atoms with Crippen molar-refractivity contribution in [1.82, 2.24) is 4.90 Å². The molecule has 1 amide bonds. The Kier molecular flexibility index (Phi) is 6.53. The fourth-order valence-corrected chi connectivity index (χ4v) is 5.51. The van der Waals surface area contributed by atoms with Crippen LogP contribution >= 0.6 is 23.2 Å². The number of halogens is 2.